The van der Waals surface area contributed by atoms with Crippen molar-refractivity contribution in [3.63, 3.8) is 0 Å². The molecule has 0 atom stereocenters. The van der Waals surface area contributed by atoms with Crippen molar-refractivity contribution in [2.24, 2.45) is 0 Å². The molecule has 36 heavy (non-hydrogen) atoms. The Kier molecular flexibility index (Phi) is 4.82. The number of para-hydroxylation sites is 2. The molecule has 0 saturated carbocycles. The van der Waals surface area contributed by atoms with E-state index in [9.17, 15) is 0 Å². The number of rotatable bonds is 4. The maximum atomic E-state index is 3.45. The van der Waals surface area contributed by atoms with Crippen LogP contribution >= 0.6 is 0 Å². The van der Waals surface area contributed by atoms with E-state index in [1.165, 1.54) is 49.4 Å². The SMILES string of the molecule is c1ccc(Nc2ccc(-c3ccc(-n4c5ccccc5c5c6ccccc6ccc54)cc3)cc2)cc1. The van der Waals surface area contributed by atoms with Gasteiger partial charge in [0.1, 0.15) is 0 Å². The van der Waals surface area contributed by atoms with E-state index in [2.05, 4.69) is 131 Å². The van der Waals surface area contributed by atoms with Gasteiger partial charge in [0.2, 0.25) is 0 Å². The first-order chi connectivity index (χ1) is 17.8. The molecule has 1 aromatic heterocycles. The molecule has 0 aliphatic rings. The molecule has 0 aliphatic carbocycles. The topological polar surface area (TPSA) is 17.0 Å². The number of benzene rings is 6. The lowest BCUT2D eigenvalue weighted by atomic mass is 10.0. The molecule has 0 fully saturated rings. The van der Waals surface area contributed by atoms with Gasteiger partial charge in [0.25, 0.3) is 0 Å². The van der Waals surface area contributed by atoms with Gasteiger partial charge in [-0.1, -0.05) is 91.0 Å². The monoisotopic (exact) mass is 460 g/mol. The second kappa shape index (κ2) is 8.44. The number of nitrogens with one attached hydrogen (secondary N) is 1. The fourth-order valence-corrected chi connectivity index (χ4v) is 5.25. The molecule has 1 N–H and O–H groups in total. The Balaban J connectivity index is 1.28. The van der Waals surface area contributed by atoms with Crippen LogP contribution < -0.4 is 5.32 Å². The van der Waals surface area contributed by atoms with Crippen LogP contribution in [0.5, 0.6) is 0 Å². The predicted molar refractivity (Wildman–Crippen MR) is 153 cm³/mol. The van der Waals surface area contributed by atoms with Crippen molar-refractivity contribution in [1.29, 1.82) is 0 Å². The highest BCUT2D eigenvalue weighted by molar-refractivity contribution is 6.21. The minimum absolute atomic E-state index is 1.08. The van der Waals surface area contributed by atoms with Gasteiger partial charge in [-0.15, -0.1) is 0 Å². The van der Waals surface area contributed by atoms with Gasteiger partial charge in [-0.25, -0.2) is 0 Å². The summed E-state index contributed by atoms with van der Waals surface area (Å²) in [7, 11) is 0. The summed E-state index contributed by atoms with van der Waals surface area (Å²) >= 11 is 0. The average Bonchev–Trinajstić information content (AvgIpc) is 3.29. The highest BCUT2D eigenvalue weighted by Crippen LogP contribution is 2.37. The standard InChI is InChI=1S/C34H24N2/c1-2-9-27(10-3-1)35-28-19-14-24(15-20-28)25-16-21-29(22-17-25)36-32-13-7-6-12-31(32)34-30-11-5-4-8-26(30)18-23-33(34)36/h1-23,35H. The van der Waals surface area contributed by atoms with E-state index in [-0.39, 0.29) is 0 Å². The summed E-state index contributed by atoms with van der Waals surface area (Å²) in [6.45, 7) is 0. The van der Waals surface area contributed by atoms with Crippen LogP contribution in [0.25, 0.3) is 49.4 Å². The van der Waals surface area contributed by atoms with Crippen molar-refractivity contribution in [1.82, 2.24) is 4.57 Å². The summed E-state index contributed by atoms with van der Waals surface area (Å²) in [6.07, 6.45) is 0. The minimum atomic E-state index is 1.08. The molecule has 0 aliphatic heterocycles. The zero-order valence-electron chi connectivity index (χ0n) is 19.7. The van der Waals surface area contributed by atoms with Crippen molar-refractivity contribution < 1.29 is 0 Å². The summed E-state index contributed by atoms with van der Waals surface area (Å²) in [6, 6.07) is 49.6. The van der Waals surface area contributed by atoms with E-state index in [0.717, 1.165) is 11.4 Å². The van der Waals surface area contributed by atoms with E-state index >= 15 is 0 Å². The Morgan fingerprint density at radius 2 is 1.03 bits per heavy atom. The van der Waals surface area contributed by atoms with Crippen LogP contribution in [0.15, 0.2) is 140 Å². The third-order valence-electron chi connectivity index (χ3n) is 6.97. The first kappa shape index (κ1) is 20.5. The normalized spacial score (nSPS) is 11.3. The quantitative estimate of drug-likeness (QED) is 0.277. The molecule has 1 heterocycles. The summed E-state index contributed by atoms with van der Waals surface area (Å²) in [5, 5.41) is 8.62. The Morgan fingerprint density at radius 3 is 1.81 bits per heavy atom. The van der Waals surface area contributed by atoms with E-state index in [1.807, 2.05) is 18.2 Å². The molecule has 6 aromatic carbocycles. The summed E-state index contributed by atoms with van der Waals surface area (Å²) in [4.78, 5) is 0. The summed E-state index contributed by atoms with van der Waals surface area (Å²) in [5.41, 5.74) is 8.21. The molecule has 7 aromatic rings. The van der Waals surface area contributed by atoms with Crippen LogP contribution in [0.3, 0.4) is 0 Å². The number of hydrogen-bond acceptors (Lipinski definition) is 1. The van der Waals surface area contributed by atoms with E-state index in [1.54, 1.807) is 0 Å². The number of aromatic nitrogens is 1. The predicted octanol–water partition coefficient (Wildman–Crippen LogP) is 9.35. The lowest BCUT2D eigenvalue weighted by Crippen LogP contribution is -1.94. The zero-order valence-corrected chi connectivity index (χ0v) is 19.7. The van der Waals surface area contributed by atoms with Gasteiger partial charge in [-0.3, -0.25) is 0 Å². The summed E-state index contributed by atoms with van der Waals surface area (Å²) < 4.78 is 2.38. The van der Waals surface area contributed by atoms with Gasteiger partial charge >= 0.3 is 0 Å². The number of nitrogens with zero attached hydrogens (tertiary/aromatic N) is 1. The molecule has 0 bridgehead atoms. The van der Waals surface area contributed by atoms with Gasteiger partial charge in [0.15, 0.2) is 0 Å². The molecular formula is C34H24N2. The third-order valence-corrected chi connectivity index (χ3v) is 6.97. The molecule has 7 rings (SSSR count). The highest BCUT2D eigenvalue weighted by atomic mass is 15.0. The second-order valence-corrected chi connectivity index (χ2v) is 9.15. The fraction of sp³-hybridized carbons (Fsp3) is 0. The van der Waals surface area contributed by atoms with Crippen molar-refractivity contribution in [2.45, 2.75) is 0 Å². The van der Waals surface area contributed by atoms with Gasteiger partial charge < -0.3 is 9.88 Å². The third kappa shape index (κ3) is 3.43. The van der Waals surface area contributed by atoms with Crippen LogP contribution in [0.4, 0.5) is 11.4 Å². The molecule has 170 valence electrons. The Bertz CT molecular complexity index is 1830. The molecular weight excluding hydrogens is 436 g/mol. The highest BCUT2D eigenvalue weighted by Gasteiger charge is 2.14. The molecule has 0 unspecified atom stereocenters. The number of fused-ring (bicyclic) bond motifs is 5. The molecule has 0 spiro atoms. The molecule has 0 saturated heterocycles. The van der Waals surface area contributed by atoms with Crippen LogP contribution in [0, 0.1) is 0 Å². The van der Waals surface area contributed by atoms with Gasteiger partial charge in [0.05, 0.1) is 11.0 Å². The smallest absolute Gasteiger partial charge is 0.0547 e. The zero-order chi connectivity index (χ0) is 23.9. The maximum absolute atomic E-state index is 3.45. The lowest BCUT2D eigenvalue weighted by Gasteiger charge is -2.11. The largest absolute Gasteiger partial charge is 0.356 e. The van der Waals surface area contributed by atoms with Gasteiger partial charge in [-0.05, 0) is 70.4 Å². The molecule has 0 amide bonds. The van der Waals surface area contributed by atoms with Gasteiger partial charge in [-0.2, -0.15) is 0 Å². The maximum Gasteiger partial charge on any atom is 0.0547 e. The molecule has 2 nitrogen and oxygen atoms in total. The van der Waals surface area contributed by atoms with Crippen molar-refractivity contribution >= 4 is 44.0 Å². The molecule has 2 heteroatoms. The van der Waals surface area contributed by atoms with Crippen molar-refractivity contribution in [2.75, 3.05) is 5.32 Å². The van der Waals surface area contributed by atoms with Gasteiger partial charge in [0, 0.05) is 27.8 Å². The Hall–Kier alpha value is -4.82. The van der Waals surface area contributed by atoms with Crippen LogP contribution in [0.2, 0.25) is 0 Å². The average molecular weight is 461 g/mol. The fourth-order valence-electron chi connectivity index (χ4n) is 5.25. The van der Waals surface area contributed by atoms with E-state index in [4.69, 9.17) is 0 Å². The Morgan fingerprint density at radius 1 is 0.417 bits per heavy atom. The van der Waals surface area contributed by atoms with Crippen molar-refractivity contribution in [3.8, 4) is 16.8 Å². The first-order valence-electron chi connectivity index (χ1n) is 12.3. The number of anilines is 2. The van der Waals surface area contributed by atoms with E-state index < -0.39 is 0 Å². The molecule has 0 radical (unpaired) electrons. The minimum Gasteiger partial charge on any atom is -0.356 e. The van der Waals surface area contributed by atoms with Crippen LogP contribution in [0.1, 0.15) is 0 Å². The number of hydrogen-bond donors (Lipinski definition) is 1. The second-order valence-electron chi connectivity index (χ2n) is 9.15. The lowest BCUT2D eigenvalue weighted by molar-refractivity contribution is 1.18. The van der Waals surface area contributed by atoms with Crippen LogP contribution in [-0.4, -0.2) is 4.57 Å². The van der Waals surface area contributed by atoms with E-state index in [0.29, 0.717) is 0 Å². The van der Waals surface area contributed by atoms with Crippen molar-refractivity contribution in [3.05, 3.63) is 140 Å². The Labute approximate surface area is 210 Å². The summed E-state index contributed by atoms with van der Waals surface area (Å²) in [5.74, 6) is 0. The first-order valence-corrected chi connectivity index (χ1v) is 12.3. The van der Waals surface area contributed by atoms with Crippen LogP contribution in [-0.2, 0) is 0 Å².